The van der Waals surface area contributed by atoms with Crippen LogP contribution >= 0.6 is 0 Å². The van der Waals surface area contributed by atoms with Crippen molar-refractivity contribution in [3.63, 3.8) is 0 Å². The molecular formula is C24H27NO2. The molecule has 3 nitrogen and oxygen atoms in total. The maximum Gasteiger partial charge on any atom is 0.137 e. The second-order valence-electron chi connectivity index (χ2n) is 7.28. The van der Waals surface area contributed by atoms with Crippen molar-refractivity contribution in [2.24, 2.45) is 0 Å². The Kier molecular flexibility index (Phi) is 6.02. The first-order valence-electron chi connectivity index (χ1n) is 9.64. The third kappa shape index (κ3) is 4.61. The van der Waals surface area contributed by atoms with E-state index in [-0.39, 0.29) is 11.9 Å². The van der Waals surface area contributed by atoms with Crippen molar-refractivity contribution in [3.8, 4) is 11.1 Å². The van der Waals surface area contributed by atoms with E-state index in [1.165, 1.54) is 11.1 Å². The van der Waals surface area contributed by atoms with E-state index >= 15 is 0 Å². The van der Waals surface area contributed by atoms with Gasteiger partial charge in [-0.25, -0.2) is 0 Å². The van der Waals surface area contributed by atoms with Crippen molar-refractivity contribution >= 4 is 16.7 Å². The maximum absolute atomic E-state index is 12.2. The lowest BCUT2D eigenvalue weighted by molar-refractivity contribution is -0.119. The highest BCUT2D eigenvalue weighted by Crippen LogP contribution is 2.29. The van der Waals surface area contributed by atoms with E-state index in [4.69, 9.17) is 4.98 Å². The molecule has 0 aliphatic heterocycles. The van der Waals surface area contributed by atoms with Crippen molar-refractivity contribution in [2.75, 3.05) is 0 Å². The Morgan fingerprint density at radius 2 is 1.85 bits per heavy atom. The van der Waals surface area contributed by atoms with Crippen LogP contribution in [0.4, 0.5) is 0 Å². The van der Waals surface area contributed by atoms with Crippen molar-refractivity contribution in [1.82, 2.24) is 4.98 Å². The largest absolute Gasteiger partial charge is 0.393 e. The van der Waals surface area contributed by atoms with Gasteiger partial charge in [0.05, 0.1) is 11.6 Å². The molecule has 0 fully saturated rings. The number of Topliss-reactive ketones (excluding diaryl/α,β-unsaturated/α-hetero) is 1. The molecule has 0 saturated heterocycles. The summed E-state index contributed by atoms with van der Waals surface area (Å²) in [4.78, 5) is 17.0. The molecule has 1 unspecified atom stereocenters. The average Bonchev–Trinajstić information content (AvgIpc) is 2.66. The van der Waals surface area contributed by atoms with Crippen LogP contribution < -0.4 is 0 Å². The lowest BCUT2D eigenvalue weighted by Crippen LogP contribution is -2.10. The number of aliphatic hydroxyl groups excluding tert-OH is 1. The van der Waals surface area contributed by atoms with Crippen LogP contribution in [-0.4, -0.2) is 22.0 Å². The van der Waals surface area contributed by atoms with Crippen LogP contribution in [0.15, 0.2) is 48.5 Å². The molecule has 27 heavy (non-hydrogen) atoms. The number of fused-ring (bicyclic) bond motifs is 1. The van der Waals surface area contributed by atoms with Crippen LogP contribution in [0.3, 0.4) is 0 Å². The molecule has 0 aliphatic rings. The van der Waals surface area contributed by atoms with Crippen LogP contribution in [0.1, 0.15) is 43.0 Å². The third-order valence-electron chi connectivity index (χ3n) is 5.13. The normalized spacial score (nSPS) is 12.3. The van der Waals surface area contributed by atoms with Gasteiger partial charge in [0, 0.05) is 29.5 Å². The molecule has 0 bridgehead atoms. The van der Waals surface area contributed by atoms with Gasteiger partial charge >= 0.3 is 0 Å². The van der Waals surface area contributed by atoms with Crippen LogP contribution in [0.25, 0.3) is 22.0 Å². The maximum atomic E-state index is 12.2. The highest BCUT2D eigenvalue weighted by Gasteiger charge is 2.11. The summed E-state index contributed by atoms with van der Waals surface area (Å²) < 4.78 is 0. The van der Waals surface area contributed by atoms with E-state index in [0.29, 0.717) is 25.7 Å². The topological polar surface area (TPSA) is 50.2 Å². The molecule has 1 N–H and O–H groups in total. The van der Waals surface area contributed by atoms with Crippen LogP contribution in [0.5, 0.6) is 0 Å². The predicted octanol–water partition coefficient (Wildman–Crippen LogP) is 5.18. The fourth-order valence-corrected chi connectivity index (χ4v) is 3.43. The molecule has 1 heterocycles. The van der Waals surface area contributed by atoms with Crippen LogP contribution in [-0.2, 0) is 11.2 Å². The van der Waals surface area contributed by atoms with Crippen LogP contribution in [0.2, 0.25) is 0 Å². The Balaban J connectivity index is 1.87. The summed E-state index contributed by atoms with van der Waals surface area (Å²) >= 11 is 0. The van der Waals surface area contributed by atoms with Crippen LogP contribution in [0, 0.1) is 13.8 Å². The summed E-state index contributed by atoms with van der Waals surface area (Å²) in [6.07, 6.45) is 1.68. The van der Waals surface area contributed by atoms with E-state index in [1.54, 1.807) is 0 Å². The molecule has 0 amide bonds. The van der Waals surface area contributed by atoms with Crippen molar-refractivity contribution < 1.29 is 9.90 Å². The molecule has 0 saturated carbocycles. The summed E-state index contributed by atoms with van der Waals surface area (Å²) in [6, 6.07) is 16.5. The minimum atomic E-state index is -0.380. The lowest BCUT2D eigenvalue weighted by atomic mass is 9.96. The van der Waals surface area contributed by atoms with E-state index in [2.05, 4.69) is 31.2 Å². The first-order chi connectivity index (χ1) is 13.0. The van der Waals surface area contributed by atoms with Gasteiger partial charge in [0.1, 0.15) is 5.78 Å². The molecule has 0 spiro atoms. The molecule has 3 rings (SSSR count). The summed E-state index contributed by atoms with van der Waals surface area (Å²) in [6.45, 7) is 6.08. The smallest absolute Gasteiger partial charge is 0.137 e. The zero-order chi connectivity index (χ0) is 19.4. The van der Waals surface area contributed by atoms with Crippen molar-refractivity contribution in [3.05, 3.63) is 65.4 Å². The molecule has 1 aromatic heterocycles. The number of aromatic nitrogens is 1. The summed E-state index contributed by atoms with van der Waals surface area (Å²) in [5.74, 6) is 0.168. The fraction of sp³-hybridized carbons (Fsp3) is 0.333. The Bertz CT molecular complexity index is 962. The van der Waals surface area contributed by atoms with Gasteiger partial charge < -0.3 is 5.11 Å². The molecule has 3 heteroatoms. The second kappa shape index (κ2) is 8.45. The Labute approximate surface area is 161 Å². The monoisotopic (exact) mass is 361 g/mol. The van der Waals surface area contributed by atoms with E-state index in [1.807, 2.05) is 38.1 Å². The minimum Gasteiger partial charge on any atom is -0.393 e. The number of carbonyl (C=O) groups is 1. The van der Waals surface area contributed by atoms with Gasteiger partial charge in [-0.1, -0.05) is 37.3 Å². The molecule has 3 aromatic rings. The van der Waals surface area contributed by atoms with Gasteiger partial charge in [0.2, 0.25) is 0 Å². The number of rotatable bonds is 7. The Morgan fingerprint density at radius 3 is 2.59 bits per heavy atom. The predicted molar refractivity (Wildman–Crippen MR) is 111 cm³/mol. The zero-order valence-electron chi connectivity index (χ0n) is 16.3. The molecule has 2 aromatic carbocycles. The van der Waals surface area contributed by atoms with Gasteiger partial charge in [0.15, 0.2) is 0 Å². The summed E-state index contributed by atoms with van der Waals surface area (Å²) in [5.41, 5.74) is 6.51. The van der Waals surface area contributed by atoms with E-state index in [9.17, 15) is 9.90 Å². The van der Waals surface area contributed by atoms with Gasteiger partial charge in [0.25, 0.3) is 0 Å². The average molecular weight is 361 g/mol. The van der Waals surface area contributed by atoms with Gasteiger partial charge in [-0.3, -0.25) is 9.78 Å². The number of nitrogens with zero attached hydrogens (tertiary/aromatic N) is 1. The number of ketones is 1. The summed E-state index contributed by atoms with van der Waals surface area (Å²) in [7, 11) is 0. The molecule has 0 aliphatic carbocycles. The highest BCUT2D eigenvalue weighted by atomic mass is 16.3. The minimum absolute atomic E-state index is 0.168. The standard InChI is InChI=1S/C24H27NO2/c1-4-20(26)10-11-21(27)14-18-9-12-24-19(13-18)15-23(17(3)25-24)22-8-6-5-7-16(22)2/h5-9,12-13,15,20,26H,4,10-11,14H2,1-3H3. The molecule has 0 radical (unpaired) electrons. The van der Waals surface area contributed by atoms with E-state index < -0.39 is 0 Å². The molecule has 140 valence electrons. The fourth-order valence-electron chi connectivity index (χ4n) is 3.43. The van der Waals surface area contributed by atoms with Gasteiger partial charge in [-0.05, 0) is 61.6 Å². The van der Waals surface area contributed by atoms with Gasteiger partial charge in [-0.2, -0.15) is 0 Å². The Hall–Kier alpha value is -2.52. The number of benzene rings is 2. The molecule has 1 atom stereocenters. The van der Waals surface area contributed by atoms with Crippen molar-refractivity contribution in [2.45, 2.75) is 52.6 Å². The number of hydrogen-bond acceptors (Lipinski definition) is 3. The quantitative estimate of drug-likeness (QED) is 0.631. The first-order valence-corrected chi connectivity index (χ1v) is 9.64. The lowest BCUT2D eigenvalue weighted by Gasteiger charge is -2.11. The first kappa shape index (κ1) is 19.2. The number of pyridine rings is 1. The molecular weight excluding hydrogens is 334 g/mol. The third-order valence-corrected chi connectivity index (χ3v) is 5.13. The number of carbonyl (C=O) groups excluding carboxylic acids is 1. The SMILES string of the molecule is CCC(O)CCC(=O)Cc1ccc2nc(C)c(-c3ccccc3C)cc2c1. The summed E-state index contributed by atoms with van der Waals surface area (Å²) in [5, 5.41) is 10.7. The number of aryl methyl sites for hydroxylation is 2. The van der Waals surface area contributed by atoms with Gasteiger partial charge in [-0.15, -0.1) is 0 Å². The second-order valence-corrected chi connectivity index (χ2v) is 7.28. The Morgan fingerprint density at radius 1 is 1.07 bits per heavy atom. The van der Waals surface area contributed by atoms with E-state index in [0.717, 1.165) is 27.7 Å². The van der Waals surface area contributed by atoms with Crippen molar-refractivity contribution in [1.29, 1.82) is 0 Å². The zero-order valence-corrected chi connectivity index (χ0v) is 16.3. The highest BCUT2D eigenvalue weighted by molar-refractivity contribution is 5.88. The number of hydrogen-bond donors (Lipinski definition) is 1. The number of aliphatic hydroxyl groups is 1.